The number of hydrogen-bond acceptors (Lipinski definition) is 3. The smallest absolute Gasteiger partial charge is 0.308 e. The molecular weight excluding hydrogens is 186 g/mol. The molecule has 70 valence electrons. The lowest BCUT2D eigenvalue weighted by Gasteiger charge is -1.89. The molecule has 0 radical (unpaired) electrons. The minimum absolute atomic E-state index is 0.0701. The Morgan fingerprint density at radius 3 is 3.00 bits per heavy atom. The Bertz CT molecular complexity index is 330. The van der Waals surface area contributed by atoms with E-state index >= 15 is 0 Å². The Labute approximate surface area is 80.7 Å². The van der Waals surface area contributed by atoms with Crippen molar-refractivity contribution >= 4 is 17.3 Å². The molecule has 0 saturated carbocycles. The Kier molecular flexibility index (Phi) is 3.19. The molecule has 0 aliphatic carbocycles. The third-order valence-electron chi connectivity index (χ3n) is 1.57. The molecular formula is C9H11NO2S. The maximum Gasteiger partial charge on any atom is 0.308 e. The van der Waals surface area contributed by atoms with Crippen LogP contribution >= 0.6 is 11.3 Å². The minimum Gasteiger partial charge on any atom is -0.481 e. The third-order valence-corrected chi connectivity index (χ3v) is 2.75. The van der Waals surface area contributed by atoms with Crippen molar-refractivity contribution in [1.82, 2.24) is 4.98 Å². The first kappa shape index (κ1) is 9.92. The SMILES string of the molecule is C=CCc1nc(C)c(CC(=O)O)s1. The molecule has 1 N–H and O–H groups in total. The van der Waals surface area contributed by atoms with Crippen molar-refractivity contribution in [2.75, 3.05) is 0 Å². The van der Waals surface area contributed by atoms with E-state index in [2.05, 4.69) is 11.6 Å². The molecule has 0 aromatic carbocycles. The van der Waals surface area contributed by atoms with E-state index in [4.69, 9.17) is 5.11 Å². The number of thiazole rings is 1. The lowest BCUT2D eigenvalue weighted by atomic mass is 10.3. The number of carbonyl (C=O) groups is 1. The molecule has 13 heavy (non-hydrogen) atoms. The lowest BCUT2D eigenvalue weighted by Crippen LogP contribution is -1.99. The van der Waals surface area contributed by atoms with Crippen molar-refractivity contribution in [2.24, 2.45) is 0 Å². The van der Waals surface area contributed by atoms with Crippen molar-refractivity contribution in [3.8, 4) is 0 Å². The molecule has 0 aliphatic heterocycles. The predicted molar refractivity (Wildman–Crippen MR) is 52.1 cm³/mol. The number of aryl methyl sites for hydroxylation is 1. The summed E-state index contributed by atoms with van der Waals surface area (Å²) in [4.78, 5) is 15.5. The Hall–Kier alpha value is -1.16. The van der Waals surface area contributed by atoms with Crippen LogP contribution in [0.3, 0.4) is 0 Å². The summed E-state index contributed by atoms with van der Waals surface area (Å²) in [6.45, 7) is 5.44. The largest absolute Gasteiger partial charge is 0.481 e. The van der Waals surface area contributed by atoms with E-state index in [1.54, 1.807) is 6.08 Å². The zero-order valence-corrected chi connectivity index (χ0v) is 8.23. The standard InChI is InChI=1S/C9H11NO2S/c1-3-4-8-10-6(2)7(13-8)5-9(11)12/h3H,1,4-5H2,2H3,(H,11,12). The maximum atomic E-state index is 10.4. The maximum absolute atomic E-state index is 10.4. The fourth-order valence-corrected chi connectivity index (χ4v) is 2.06. The molecule has 0 saturated heterocycles. The molecule has 0 aliphatic rings. The number of aromatic nitrogens is 1. The van der Waals surface area contributed by atoms with Gasteiger partial charge in [-0.15, -0.1) is 17.9 Å². The van der Waals surface area contributed by atoms with E-state index in [9.17, 15) is 4.79 Å². The second-order valence-electron chi connectivity index (χ2n) is 2.68. The highest BCUT2D eigenvalue weighted by Gasteiger charge is 2.09. The van der Waals surface area contributed by atoms with E-state index in [1.165, 1.54) is 11.3 Å². The number of carboxylic acid groups (broad SMARTS) is 1. The summed E-state index contributed by atoms with van der Waals surface area (Å²) in [6.07, 6.45) is 2.55. The number of aliphatic carboxylic acids is 1. The first-order valence-corrected chi connectivity index (χ1v) is 4.73. The van der Waals surface area contributed by atoms with E-state index < -0.39 is 5.97 Å². The van der Waals surface area contributed by atoms with Gasteiger partial charge in [0, 0.05) is 11.3 Å². The van der Waals surface area contributed by atoms with Crippen LogP contribution in [0.25, 0.3) is 0 Å². The van der Waals surface area contributed by atoms with Crippen LogP contribution < -0.4 is 0 Å². The van der Waals surface area contributed by atoms with Crippen LogP contribution in [-0.2, 0) is 17.6 Å². The summed E-state index contributed by atoms with van der Waals surface area (Å²) in [5.41, 5.74) is 0.823. The van der Waals surface area contributed by atoms with Gasteiger partial charge in [-0.05, 0) is 6.92 Å². The van der Waals surface area contributed by atoms with Gasteiger partial charge in [0.2, 0.25) is 0 Å². The van der Waals surface area contributed by atoms with Crippen molar-refractivity contribution < 1.29 is 9.90 Å². The van der Waals surface area contributed by atoms with Crippen molar-refractivity contribution in [1.29, 1.82) is 0 Å². The van der Waals surface area contributed by atoms with Crippen molar-refractivity contribution in [3.63, 3.8) is 0 Å². The van der Waals surface area contributed by atoms with Crippen LogP contribution in [-0.4, -0.2) is 16.1 Å². The molecule has 1 heterocycles. The molecule has 1 aromatic rings. The van der Waals surface area contributed by atoms with E-state index in [1.807, 2.05) is 6.92 Å². The summed E-state index contributed by atoms with van der Waals surface area (Å²) in [7, 11) is 0. The summed E-state index contributed by atoms with van der Waals surface area (Å²) in [5, 5.41) is 9.52. The quantitative estimate of drug-likeness (QED) is 0.749. The first-order chi connectivity index (χ1) is 6.13. The van der Waals surface area contributed by atoms with Gasteiger partial charge in [-0.2, -0.15) is 0 Å². The number of hydrogen-bond donors (Lipinski definition) is 1. The molecule has 0 amide bonds. The minimum atomic E-state index is -0.808. The first-order valence-electron chi connectivity index (χ1n) is 3.91. The van der Waals surface area contributed by atoms with Gasteiger partial charge in [-0.1, -0.05) is 6.08 Å². The van der Waals surface area contributed by atoms with Crippen LogP contribution in [0.1, 0.15) is 15.6 Å². The Morgan fingerprint density at radius 2 is 2.46 bits per heavy atom. The van der Waals surface area contributed by atoms with Gasteiger partial charge in [0.25, 0.3) is 0 Å². The monoisotopic (exact) mass is 197 g/mol. The lowest BCUT2D eigenvalue weighted by molar-refractivity contribution is -0.136. The van der Waals surface area contributed by atoms with Crippen molar-refractivity contribution in [3.05, 3.63) is 28.2 Å². The van der Waals surface area contributed by atoms with Crippen LogP contribution in [0.15, 0.2) is 12.7 Å². The molecule has 4 heteroatoms. The molecule has 0 spiro atoms. The van der Waals surface area contributed by atoms with Crippen LogP contribution in [0.5, 0.6) is 0 Å². The number of carboxylic acids is 1. The average Bonchev–Trinajstić information content (AvgIpc) is 2.31. The molecule has 0 unspecified atom stereocenters. The van der Waals surface area contributed by atoms with Crippen LogP contribution in [0.2, 0.25) is 0 Å². The van der Waals surface area contributed by atoms with Crippen molar-refractivity contribution in [2.45, 2.75) is 19.8 Å². The number of rotatable bonds is 4. The normalized spacial score (nSPS) is 9.92. The summed E-state index contributed by atoms with van der Waals surface area (Å²) in [5.74, 6) is -0.808. The fraction of sp³-hybridized carbons (Fsp3) is 0.333. The van der Waals surface area contributed by atoms with Gasteiger partial charge in [0.1, 0.15) is 0 Å². The average molecular weight is 197 g/mol. The van der Waals surface area contributed by atoms with E-state index in [0.717, 1.165) is 15.6 Å². The van der Waals surface area contributed by atoms with Gasteiger partial charge in [-0.3, -0.25) is 4.79 Å². The second kappa shape index (κ2) is 4.18. The van der Waals surface area contributed by atoms with Gasteiger partial charge in [-0.25, -0.2) is 4.98 Å². The highest BCUT2D eigenvalue weighted by atomic mass is 32.1. The van der Waals surface area contributed by atoms with E-state index in [0.29, 0.717) is 6.42 Å². The summed E-state index contributed by atoms with van der Waals surface area (Å²) < 4.78 is 0. The van der Waals surface area contributed by atoms with Crippen LogP contribution in [0.4, 0.5) is 0 Å². The Morgan fingerprint density at radius 1 is 1.77 bits per heavy atom. The second-order valence-corrected chi connectivity index (χ2v) is 3.85. The van der Waals surface area contributed by atoms with Gasteiger partial charge in [0.15, 0.2) is 0 Å². The van der Waals surface area contributed by atoms with E-state index in [-0.39, 0.29) is 6.42 Å². The fourth-order valence-electron chi connectivity index (χ4n) is 1.00. The molecule has 0 bridgehead atoms. The van der Waals surface area contributed by atoms with Gasteiger partial charge < -0.3 is 5.11 Å². The molecule has 1 rings (SSSR count). The third kappa shape index (κ3) is 2.66. The highest BCUT2D eigenvalue weighted by Crippen LogP contribution is 2.19. The molecule has 0 atom stereocenters. The number of nitrogens with zero attached hydrogens (tertiary/aromatic N) is 1. The number of allylic oxidation sites excluding steroid dienone is 1. The summed E-state index contributed by atoms with van der Waals surface area (Å²) >= 11 is 1.45. The Balaban J connectivity index is 2.82. The topological polar surface area (TPSA) is 50.2 Å². The molecule has 1 aromatic heterocycles. The highest BCUT2D eigenvalue weighted by molar-refractivity contribution is 7.11. The summed E-state index contributed by atoms with van der Waals surface area (Å²) in [6, 6.07) is 0. The zero-order valence-electron chi connectivity index (χ0n) is 7.41. The van der Waals surface area contributed by atoms with Crippen LogP contribution in [0, 0.1) is 6.92 Å². The van der Waals surface area contributed by atoms with Gasteiger partial charge >= 0.3 is 5.97 Å². The molecule has 3 nitrogen and oxygen atoms in total. The molecule has 0 fully saturated rings. The zero-order chi connectivity index (χ0) is 9.84. The predicted octanol–water partition coefficient (Wildman–Crippen LogP) is 1.81. The van der Waals surface area contributed by atoms with Gasteiger partial charge in [0.05, 0.1) is 17.1 Å².